The average Bonchev–Trinajstić information content (AvgIpc) is 3.24. The lowest BCUT2D eigenvalue weighted by Crippen LogP contribution is -2.32. The number of piperidine rings is 1. The van der Waals surface area contributed by atoms with Crippen molar-refractivity contribution >= 4 is 22.8 Å². The van der Waals surface area contributed by atoms with E-state index in [4.69, 9.17) is 10.5 Å². The molecule has 4 rings (SSSR count). The van der Waals surface area contributed by atoms with Crippen molar-refractivity contribution in [3.63, 3.8) is 0 Å². The van der Waals surface area contributed by atoms with Crippen LogP contribution in [0.15, 0.2) is 18.2 Å². The van der Waals surface area contributed by atoms with Crippen molar-refractivity contribution in [2.24, 2.45) is 0 Å². The molecule has 0 bridgehead atoms. The summed E-state index contributed by atoms with van der Waals surface area (Å²) in [5.74, 6) is 1.56. The van der Waals surface area contributed by atoms with E-state index >= 15 is 0 Å². The Morgan fingerprint density at radius 3 is 2.89 bits per heavy atom. The van der Waals surface area contributed by atoms with Gasteiger partial charge in [0, 0.05) is 21.3 Å². The highest BCUT2D eigenvalue weighted by molar-refractivity contribution is 7.14. The largest absolute Gasteiger partial charge is 0.546 e. The molecule has 8 heteroatoms. The Morgan fingerprint density at radius 2 is 2.11 bits per heavy atom. The van der Waals surface area contributed by atoms with Crippen molar-refractivity contribution in [2.45, 2.75) is 44.6 Å². The Labute approximate surface area is 163 Å². The molecule has 27 heavy (non-hydrogen) atoms. The molecule has 1 fully saturated rings. The Bertz CT molecular complexity index is 775. The standard InChI is InChI=1S/C19H27N5O2S/c20-18-19(23-27(25)22-18)21-9-4-12-26-15-7-5-14-6-8-17(16(14)13-15)24-10-2-1-3-11-24/h5,7,13,17H,1-4,6,8-12H2,(H2,20,22)(H,21,23). The number of nitrogens with one attached hydrogen (secondary N) is 1. The molecule has 2 aliphatic rings. The van der Waals surface area contributed by atoms with Gasteiger partial charge in [-0.15, -0.1) is 0 Å². The zero-order chi connectivity index (χ0) is 18.6. The van der Waals surface area contributed by atoms with Gasteiger partial charge in [-0.1, -0.05) is 12.5 Å². The predicted octanol–water partition coefficient (Wildman–Crippen LogP) is 3.14. The van der Waals surface area contributed by atoms with E-state index in [9.17, 15) is 4.55 Å². The highest BCUT2D eigenvalue weighted by atomic mass is 32.2. The number of benzene rings is 1. The number of aromatic nitrogens is 2. The van der Waals surface area contributed by atoms with Crippen molar-refractivity contribution in [1.82, 2.24) is 13.6 Å². The van der Waals surface area contributed by atoms with E-state index < -0.39 is 11.1 Å². The summed E-state index contributed by atoms with van der Waals surface area (Å²) in [4.78, 5) is 2.65. The minimum absolute atomic E-state index is 0.205. The maximum absolute atomic E-state index is 11.2. The third-order valence-corrected chi connectivity index (χ3v) is 6.16. The third kappa shape index (κ3) is 4.34. The molecule has 2 unspecified atom stereocenters. The van der Waals surface area contributed by atoms with E-state index in [0.29, 0.717) is 25.0 Å². The number of anilines is 2. The fourth-order valence-electron chi connectivity index (χ4n) is 4.12. The summed E-state index contributed by atoms with van der Waals surface area (Å²) in [6.45, 7) is 3.70. The minimum Gasteiger partial charge on any atom is -0.546 e. The lowest BCUT2D eigenvalue weighted by Gasteiger charge is -2.32. The number of nitrogens with two attached hydrogens (primary N) is 1. The summed E-state index contributed by atoms with van der Waals surface area (Å²) < 4.78 is 24.6. The molecule has 1 aliphatic heterocycles. The van der Waals surface area contributed by atoms with Crippen LogP contribution in [0.1, 0.15) is 49.3 Å². The monoisotopic (exact) mass is 389 g/mol. The fourth-order valence-corrected chi connectivity index (χ4v) is 4.73. The molecular formula is C19H27N5O2S. The van der Waals surface area contributed by atoms with Gasteiger partial charge in [0.25, 0.3) is 0 Å². The molecule has 7 nitrogen and oxygen atoms in total. The number of rotatable bonds is 7. The first kappa shape index (κ1) is 18.5. The summed E-state index contributed by atoms with van der Waals surface area (Å²) >= 11 is -1.57. The SMILES string of the molecule is Nc1n[s+]([O-])nc1NCCCOc1ccc2c(c1)C(N1CCCCC1)CC2. The normalized spacial score (nSPS) is 20.5. The van der Waals surface area contributed by atoms with Gasteiger partial charge in [0.15, 0.2) is 11.1 Å². The maximum Gasteiger partial charge on any atom is 0.232 e. The van der Waals surface area contributed by atoms with Crippen molar-refractivity contribution in [3.05, 3.63) is 29.3 Å². The van der Waals surface area contributed by atoms with Gasteiger partial charge in [-0.3, -0.25) is 4.90 Å². The van der Waals surface area contributed by atoms with Gasteiger partial charge in [-0.2, -0.15) is 0 Å². The van der Waals surface area contributed by atoms with Crippen molar-refractivity contribution < 1.29 is 9.29 Å². The van der Waals surface area contributed by atoms with Crippen LogP contribution in [0.5, 0.6) is 5.75 Å². The van der Waals surface area contributed by atoms with Crippen LogP contribution in [0.25, 0.3) is 0 Å². The number of hydrogen-bond donors (Lipinski definition) is 2. The maximum atomic E-state index is 11.2. The zero-order valence-corrected chi connectivity index (χ0v) is 16.3. The molecule has 1 aromatic carbocycles. The van der Waals surface area contributed by atoms with E-state index in [0.717, 1.165) is 12.2 Å². The first-order chi connectivity index (χ1) is 13.2. The molecule has 2 aromatic rings. The van der Waals surface area contributed by atoms with E-state index in [1.54, 1.807) is 0 Å². The van der Waals surface area contributed by atoms with Crippen LogP contribution < -0.4 is 15.8 Å². The van der Waals surface area contributed by atoms with Gasteiger partial charge in [-0.05, 0) is 68.5 Å². The second-order valence-corrected chi connectivity index (χ2v) is 8.11. The van der Waals surface area contributed by atoms with Crippen LogP contribution in [-0.2, 0) is 6.42 Å². The van der Waals surface area contributed by atoms with Gasteiger partial charge < -0.3 is 20.3 Å². The average molecular weight is 390 g/mol. The summed E-state index contributed by atoms with van der Waals surface area (Å²) in [5.41, 5.74) is 8.56. The van der Waals surface area contributed by atoms with Crippen LogP contribution >= 0.6 is 11.1 Å². The van der Waals surface area contributed by atoms with Crippen LogP contribution in [0.2, 0.25) is 0 Å². The number of nitrogens with zero attached hydrogens (tertiary/aromatic N) is 3. The van der Waals surface area contributed by atoms with Crippen molar-refractivity contribution in [1.29, 1.82) is 0 Å². The quantitative estimate of drug-likeness (QED) is 0.554. The summed E-state index contributed by atoms with van der Waals surface area (Å²) in [5, 5.41) is 3.05. The smallest absolute Gasteiger partial charge is 0.232 e. The van der Waals surface area contributed by atoms with Gasteiger partial charge >= 0.3 is 0 Å². The topological polar surface area (TPSA) is 99.4 Å². The van der Waals surface area contributed by atoms with Crippen LogP contribution in [-0.4, -0.2) is 44.4 Å². The Balaban J connectivity index is 1.28. The lowest BCUT2D eigenvalue weighted by atomic mass is 10.0. The number of fused-ring (bicyclic) bond motifs is 1. The fraction of sp³-hybridized carbons (Fsp3) is 0.579. The van der Waals surface area contributed by atoms with Crippen LogP contribution in [0, 0.1) is 0 Å². The Morgan fingerprint density at radius 1 is 1.26 bits per heavy atom. The van der Waals surface area contributed by atoms with E-state index in [2.05, 4.69) is 37.2 Å². The van der Waals surface area contributed by atoms with E-state index in [1.807, 2.05) is 0 Å². The van der Waals surface area contributed by atoms with Crippen LogP contribution in [0.4, 0.5) is 11.6 Å². The van der Waals surface area contributed by atoms with Crippen LogP contribution in [0.3, 0.4) is 0 Å². The number of nitrogen functional groups attached to an aromatic ring is 1. The molecule has 2 heterocycles. The number of ether oxygens (including phenoxy) is 1. The van der Waals surface area contributed by atoms with E-state index in [-0.39, 0.29) is 5.82 Å². The summed E-state index contributed by atoms with van der Waals surface area (Å²) in [7, 11) is 0. The number of aryl methyl sites for hydroxylation is 1. The molecule has 146 valence electrons. The number of hydrogen-bond acceptors (Lipinski definition) is 7. The molecule has 3 N–H and O–H groups in total. The minimum atomic E-state index is -1.57. The lowest BCUT2D eigenvalue weighted by molar-refractivity contribution is 0.163. The molecule has 0 radical (unpaired) electrons. The second-order valence-electron chi connectivity index (χ2n) is 7.29. The molecule has 1 saturated heterocycles. The second kappa shape index (κ2) is 8.41. The molecule has 0 spiro atoms. The first-order valence-electron chi connectivity index (χ1n) is 9.79. The van der Waals surface area contributed by atoms with Crippen molar-refractivity contribution in [2.75, 3.05) is 37.3 Å². The Hall–Kier alpha value is -1.90. The number of likely N-dealkylation sites (tertiary alicyclic amines) is 1. The highest BCUT2D eigenvalue weighted by Crippen LogP contribution is 2.38. The molecule has 1 aliphatic carbocycles. The first-order valence-corrected chi connectivity index (χ1v) is 10.9. The zero-order valence-electron chi connectivity index (χ0n) is 15.5. The highest BCUT2D eigenvalue weighted by Gasteiger charge is 2.29. The van der Waals surface area contributed by atoms with Gasteiger partial charge in [-0.25, -0.2) is 0 Å². The van der Waals surface area contributed by atoms with E-state index in [1.165, 1.54) is 56.3 Å². The predicted molar refractivity (Wildman–Crippen MR) is 107 cm³/mol. The molecule has 0 saturated carbocycles. The molecule has 1 aromatic heterocycles. The molecule has 2 atom stereocenters. The van der Waals surface area contributed by atoms with Gasteiger partial charge in [0.1, 0.15) is 5.75 Å². The van der Waals surface area contributed by atoms with Crippen molar-refractivity contribution in [3.8, 4) is 5.75 Å². The molecular weight excluding hydrogens is 362 g/mol. The van der Waals surface area contributed by atoms with Gasteiger partial charge in [0.05, 0.1) is 6.61 Å². The Kier molecular flexibility index (Phi) is 5.75. The summed E-state index contributed by atoms with van der Waals surface area (Å²) in [6.07, 6.45) is 7.22. The molecule has 0 amide bonds. The van der Waals surface area contributed by atoms with Gasteiger partial charge in [0.2, 0.25) is 11.6 Å². The summed E-state index contributed by atoms with van der Waals surface area (Å²) in [6, 6.07) is 7.12. The third-order valence-electron chi connectivity index (χ3n) is 5.47.